The summed E-state index contributed by atoms with van der Waals surface area (Å²) < 4.78 is 2.14. The maximum atomic E-state index is 12.3. The first-order valence-electron chi connectivity index (χ1n) is 16.5. The summed E-state index contributed by atoms with van der Waals surface area (Å²) in [5.41, 5.74) is 12.7. The first kappa shape index (κ1) is 31.4. The molecule has 2 N–H and O–H groups in total. The minimum absolute atomic E-state index is 0.00195. The van der Waals surface area contributed by atoms with Gasteiger partial charge in [0.1, 0.15) is 11.5 Å². The van der Waals surface area contributed by atoms with Crippen molar-refractivity contribution in [3.8, 4) is 33.8 Å². The topological polar surface area (TPSA) is 83.8 Å². The first-order chi connectivity index (χ1) is 22.6. The number of nitrogens with zero attached hydrogens (tertiary/aromatic N) is 3. The normalized spacial score (nSPS) is 12.4. The van der Waals surface area contributed by atoms with Crippen LogP contribution in [0.25, 0.3) is 66.6 Å². The van der Waals surface area contributed by atoms with Gasteiger partial charge in [0.15, 0.2) is 0 Å². The van der Waals surface area contributed by atoms with Crippen LogP contribution >= 0.6 is 0 Å². The average Bonchev–Trinajstić information content (AvgIpc) is 3.56. The van der Waals surface area contributed by atoms with Crippen LogP contribution in [-0.2, 0) is 17.9 Å². The summed E-state index contributed by atoms with van der Waals surface area (Å²) in [4.78, 5) is 26.0. The van der Waals surface area contributed by atoms with Gasteiger partial charge in [-0.05, 0) is 89.4 Å². The lowest BCUT2D eigenvalue weighted by Gasteiger charge is -2.21. The Kier molecular flexibility index (Phi) is 7.13. The van der Waals surface area contributed by atoms with E-state index in [1.54, 1.807) is 6.07 Å². The SMILES string of the molecule is Cc1cc(C)cc(-c2cc(C(=O)O)nc(-c3cccc4c3nc(-c3cc(C(C)(C)C)cc5c3[nH]c3ccc(C(C)(C)C)cc35)n4C)c2)c1. The number of pyridine rings is 1. The van der Waals surface area contributed by atoms with Gasteiger partial charge in [-0.25, -0.2) is 14.8 Å². The minimum Gasteiger partial charge on any atom is -0.477 e. The molecule has 0 spiro atoms. The lowest BCUT2D eigenvalue weighted by Crippen LogP contribution is -2.11. The Balaban J connectivity index is 1.49. The lowest BCUT2D eigenvalue weighted by molar-refractivity contribution is 0.0690. The van der Waals surface area contributed by atoms with Crippen molar-refractivity contribution in [3.05, 3.63) is 107 Å². The van der Waals surface area contributed by atoms with Gasteiger partial charge >= 0.3 is 5.97 Å². The van der Waals surface area contributed by atoms with E-state index < -0.39 is 5.97 Å². The quantitative estimate of drug-likeness (QED) is 0.202. The molecule has 6 heteroatoms. The highest BCUT2D eigenvalue weighted by molar-refractivity contribution is 6.12. The number of H-pyrrole nitrogens is 1. The number of nitrogens with one attached hydrogen (secondary N) is 1. The molecule has 0 bridgehead atoms. The number of carboxylic acids is 1. The van der Waals surface area contributed by atoms with Crippen LogP contribution < -0.4 is 0 Å². The molecule has 0 unspecified atom stereocenters. The van der Waals surface area contributed by atoms with E-state index >= 15 is 0 Å². The van der Waals surface area contributed by atoms with Crippen molar-refractivity contribution in [2.75, 3.05) is 0 Å². The molecular formula is C42H42N4O2. The van der Waals surface area contributed by atoms with E-state index in [1.165, 1.54) is 21.9 Å². The molecule has 3 heterocycles. The van der Waals surface area contributed by atoms with Gasteiger partial charge in [0.2, 0.25) is 0 Å². The number of benzene rings is 4. The van der Waals surface area contributed by atoms with E-state index in [0.29, 0.717) is 5.69 Å². The number of hydrogen-bond donors (Lipinski definition) is 2. The maximum Gasteiger partial charge on any atom is 0.354 e. The number of hydrogen-bond acceptors (Lipinski definition) is 3. The molecule has 0 saturated heterocycles. The fourth-order valence-corrected chi connectivity index (χ4v) is 6.82. The molecule has 3 aromatic heterocycles. The van der Waals surface area contributed by atoms with Crippen molar-refractivity contribution in [2.24, 2.45) is 7.05 Å². The third kappa shape index (κ3) is 5.35. The molecule has 4 aromatic carbocycles. The number of fused-ring (bicyclic) bond motifs is 4. The van der Waals surface area contributed by atoms with Crippen molar-refractivity contribution in [3.63, 3.8) is 0 Å². The van der Waals surface area contributed by atoms with Crippen molar-refractivity contribution in [2.45, 2.75) is 66.2 Å². The fourth-order valence-electron chi connectivity index (χ4n) is 6.82. The second-order valence-electron chi connectivity index (χ2n) is 15.3. The number of para-hydroxylation sites is 1. The Bertz CT molecular complexity index is 2410. The third-order valence-electron chi connectivity index (χ3n) is 9.47. The first-order valence-corrected chi connectivity index (χ1v) is 16.5. The number of aromatic amines is 1. The molecule has 6 nitrogen and oxygen atoms in total. The van der Waals surface area contributed by atoms with Crippen molar-refractivity contribution < 1.29 is 9.90 Å². The predicted molar refractivity (Wildman–Crippen MR) is 198 cm³/mol. The highest BCUT2D eigenvalue weighted by Gasteiger charge is 2.24. The van der Waals surface area contributed by atoms with Gasteiger partial charge in [0, 0.05) is 34.5 Å². The number of aromatic nitrogens is 4. The van der Waals surface area contributed by atoms with Crippen LogP contribution in [-0.4, -0.2) is 30.6 Å². The lowest BCUT2D eigenvalue weighted by atomic mass is 9.84. The van der Waals surface area contributed by atoms with Gasteiger partial charge in [0.05, 0.1) is 22.2 Å². The standard InChI is InChI=1S/C42H42N4O2/c1-23-15-24(2)17-25(16-23)26-18-34(43-35(19-26)40(47)48)29-11-10-12-36-38(29)45-39(46(36)9)32-22-28(42(6,7)8)21-31-30-20-27(41(3,4)5)13-14-33(30)44-37(31)32/h10-22,44H,1-9H3,(H,47,48). The highest BCUT2D eigenvalue weighted by atomic mass is 16.4. The molecule has 0 aliphatic heterocycles. The van der Waals surface area contributed by atoms with Crippen molar-refractivity contribution >= 4 is 38.8 Å². The zero-order valence-corrected chi connectivity index (χ0v) is 29.2. The van der Waals surface area contributed by atoms with Gasteiger partial charge in [-0.1, -0.05) is 89.1 Å². The summed E-state index contributed by atoms with van der Waals surface area (Å²) in [6.07, 6.45) is 0. The molecule has 7 rings (SSSR count). The molecule has 7 aromatic rings. The molecule has 0 radical (unpaired) electrons. The Morgan fingerprint density at radius 3 is 2.06 bits per heavy atom. The molecule has 0 amide bonds. The van der Waals surface area contributed by atoms with Crippen LogP contribution in [0.1, 0.15) is 74.3 Å². The second-order valence-corrected chi connectivity index (χ2v) is 15.3. The summed E-state index contributed by atoms with van der Waals surface area (Å²) in [6.45, 7) is 17.6. The zero-order chi connectivity index (χ0) is 34.3. The summed E-state index contributed by atoms with van der Waals surface area (Å²) >= 11 is 0. The second kappa shape index (κ2) is 10.9. The molecule has 48 heavy (non-hydrogen) atoms. The van der Waals surface area contributed by atoms with E-state index in [0.717, 1.165) is 61.3 Å². The number of aromatic carboxylic acids is 1. The van der Waals surface area contributed by atoms with Gasteiger partial charge in [-0.3, -0.25) is 0 Å². The zero-order valence-electron chi connectivity index (χ0n) is 29.2. The van der Waals surface area contributed by atoms with Gasteiger partial charge in [0.25, 0.3) is 0 Å². The van der Waals surface area contributed by atoms with Gasteiger partial charge in [-0.2, -0.15) is 0 Å². The van der Waals surface area contributed by atoms with Crippen LogP contribution in [0.2, 0.25) is 0 Å². The molecular weight excluding hydrogens is 592 g/mol. The largest absolute Gasteiger partial charge is 0.477 e. The Morgan fingerprint density at radius 1 is 0.729 bits per heavy atom. The molecule has 242 valence electrons. The Labute approximate surface area is 281 Å². The van der Waals surface area contributed by atoms with E-state index in [-0.39, 0.29) is 16.5 Å². The van der Waals surface area contributed by atoms with Crippen LogP contribution in [0.5, 0.6) is 0 Å². The number of aryl methyl sites for hydroxylation is 3. The third-order valence-corrected chi connectivity index (χ3v) is 9.47. The maximum absolute atomic E-state index is 12.3. The highest BCUT2D eigenvalue weighted by Crippen LogP contribution is 2.41. The molecule has 0 saturated carbocycles. The van der Waals surface area contributed by atoms with Crippen LogP contribution in [0.3, 0.4) is 0 Å². The van der Waals surface area contributed by atoms with Crippen LogP contribution in [0.4, 0.5) is 0 Å². The predicted octanol–water partition coefficient (Wildman–Crippen LogP) is 10.5. The summed E-state index contributed by atoms with van der Waals surface area (Å²) in [7, 11) is 2.05. The van der Waals surface area contributed by atoms with E-state index in [1.807, 2.05) is 25.2 Å². The molecule has 0 aliphatic rings. The van der Waals surface area contributed by atoms with Crippen LogP contribution in [0.15, 0.2) is 78.9 Å². The Morgan fingerprint density at radius 2 is 1.40 bits per heavy atom. The van der Waals surface area contributed by atoms with Crippen LogP contribution in [0, 0.1) is 13.8 Å². The number of carbonyl (C=O) groups is 1. The van der Waals surface area contributed by atoms with Crippen molar-refractivity contribution in [1.82, 2.24) is 19.5 Å². The van der Waals surface area contributed by atoms with Crippen molar-refractivity contribution in [1.29, 1.82) is 0 Å². The average molecular weight is 635 g/mol. The summed E-state index contributed by atoms with van der Waals surface area (Å²) in [5.74, 6) is -0.230. The number of carboxylic acid groups (broad SMARTS) is 1. The van der Waals surface area contributed by atoms with E-state index in [2.05, 4.69) is 125 Å². The molecule has 0 atom stereocenters. The Hall–Kier alpha value is -5.23. The van der Waals surface area contributed by atoms with E-state index in [9.17, 15) is 9.90 Å². The smallest absolute Gasteiger partial charge is 0.354 e. The number of imidazole rings is 1. The summed E-state index contributed by atoms with van der Waals surface area (Å²) in [6, 6.07) is 27.3. The number of rotatable bonds is 4. The molecule has 0 fully saturated rings. The van der Waals surface area contributed by atoms with Gasteiger partial charge < -0.3 is 14.7 Å². The molecule has 0 aliphatic carbocycles. The minimum atomic E-state index is -1.06. The summed E-state index contributed by atoms with van der Waals surface area (Å²) in [5, 5.41) is 12.5. The van der Waals surface area contributed by atoms with Gasteiger partial charge in [-0.15, -0.1) is 0 Å². The monoisotopic (exact) mass is 634 g/mol. The fraction of sp³-hybridized carbons (Fsp3) is 0.262. The van der Waals surface area contributed by atoms with E-state index in [4.69, 9.17) is 4.98 Å².